The molecular weight excluding hydrogens is 307 g/mol. The van der Waals surface area contributed by atoms with Crippen LogP contribution in [0, 0.1) is 21.8 Å². The maximum Gasteiger partial charge on any atom is 0.340 e. The second kappa shape index (κ2) is 7.36. The van der Waals surface area contributed by atoms with Crippen LogP contribution in [0.3, 0.4) is 0 Å². The molecule has 0 aromatic heterocycles. The lowest BCUT2D eigenvalue weighted by molar-refractivity contribution is -0.385. The number of piperidine rings is 1. The molecule has 1 unspecified atom stereocenters. The number of aliphatic hydroxyl groups is 1. The summed E-state index contributed by atoms with van der Waals surface area (Å²) in [6, 6.07) is 1.85. The molecule has 0 spiro atoms. The van der Waals surface area contributed by atoms with Crippen LogP contribution in [0.5, 0.6) is 0 Å². The van der Waals surface area contributed by atoms with Crippen LogP contribution >= 0.6 is 0 Å². The molecule has 1 atom stereocenters. The smallest absolute Gasteiger partial charge is 0.340 e. The number of carbonyl (C=O) groups excluding carboxylic acids is 1. The molecule has 2 rings (SSSR count). The molecule has 23 heavy (non-hydrogen) atoms. The monoisotopic (exact) mass is 326 g/mol. The van der Waals surface area contributed by atoms with Crippen molar-refractivity contribution in [2.75, 3.05) is 31.2 Å². The Morgan fingerprint density at radius 2 is 2.30 bits per heavy atom. The van der Waals surface area contributed by atoms with Gasteiger partial charge in [0.1, 0.15) is 0 Å². The highest BCUT2D eigenvalue weighted by atomic mass is 19.1. The second-order valence-corrected chi connectivity index (χ2v) is 5.44. The molecule has 1 saturated heterocycles. The Morgan fingerprint density at radius 1 is 1.57 bits per heavy atom. The van der Waals surface area contributed by atoms with Gasteiger partial charge in [0, 0.05) is 25.8 Å². The lowest BCUT2D eigenvalue weighted by atomic mass is 9.97. The number of rotatable bonds is 5. The summed E-state index contributed by atoms with van der Waals surface area (Å²) in [5, 5.41) is 20.2. The maximum absolute atomic E-state index is 14.5. The van der Waals surface area contributed by atoms with E-state index in [-0.39, 0.29) is 30.4 Å². The molecule has 0 aliphatic carbocycles. The largest absolute Gasteiger partial charge is 0.462 e. The third-order valence-corrected chi connectivity index (χ3v) is 3.85. The number of hydrogen-bond acceptors (Lipinski definition) is 6. The van der Waals surface area contributed by atoms with Gasteiger partial charge in [-0.15, -0.1) is 0 Å². The van der Waals surface area contributed by atoms with E-state index in [9.17, 15) is 24.4 Å². The van der Waals surface area contributed by atoms with Crippen molar-refractivity contribution in [2.24, 2.45) is 5.92 Å². The van der Waals surface area contributed by atoms with Crippen LogP contribution in [-0.2, 0) is 4.74 Å². The topological polar surface area (TPSA) is 92.9 Å². The van der Waals surface area contributed by atoms with Crippen LogP contribution in [0.4, 0.5) is 15.8 Å². The zero-order valence-corrected chi connectivity index (χ0v) is 12.8. The number of nitro groups is 1. The van der Waals surface area contributed by atoms with Crippen LogP contribution in [0.2, 0.25) is 0 Å². The van der Waals surface area contributed by atoms with E-state index in [2.05, 4.69) is 0 Å². The fourth-order valence-corrected chi connectivity index (χ4v) is 2.79. The normalized spacial score (nSPS) is 17.9. The minimum absolute atomic E-state index is 0.00667. The summed E-state index contributed by atoms with van der Waals surface area (Å²) < 4.78 is 19.4. The first-order valence-corrected chi connectivity index (χ1v) is 7.48. The number of ether oxygens (including phenoxy) is 1. The minimum Gasteiger partial charge on any atom is -0.462 e. The predicted octanol–water partition coefficient (Wildman–Crippen LogP) is 2.12. The molecule has 1 fully saturated rings. The number of nitro benzene ring substituents is 1. The summed E-state index contributed by atoms with van der Waals surface area (Å²) in [5.74, 6) is -1.65. The Labute approximate surface area is 132 Å². The SMILES string of the molecule is CCOC(=O)c1cc([N+](=O)[O-])cc(F)c1N1CCCC(CO)C1. The number of nitrogens with zero attached hydrogens (tertiary/aromatic N) is 2. The van der Waals surface area contributed by atoms with Crippen LogP contribution < -0.4 is 4.90 Å². The first kappa shape index (κ1) is 17.1. The molecule has 0 amide bonds. The molecular formula is C15H19FN2O5. The maximum atomic E-state index is 14.5. The number of non-ortho nitro benzene ring substituents is 1. The Balaban J connectivity index is 2.47. The van der Waals surface area contributed by atoms with E-state index in [0.29, 0.717) is 13.1 Å². The van der Waals surface area contributed by atoms with Gasteiger partial charge in [-0.3, -0.25) is 10.1 Å². The Bertz CT molecular complexity index is 608. The van der Waals surface area contributed by atoms with Gasteiger partial charge in [-0.1, -0.05) is 0 Å². The molecule has 1 aromatic rings. The number of halogens is 1. The molecule has 126 valence electrons. The van der Waals surface area contributed by atoms with E-state index in [1.165, 1.54) is 0 Å². The third kappa shape index (κ3) is 3.76. The molecule has 0 bridgehead atoms. The van der Waals surface area contributed by atoms with E-state index in [0.717, 1.165) is 25.0 Å². The molecule has 7 nitrogen and oxygen atoms in total. The van der Waals surface area contributed by atoms with Crippen molar-refractivity contribution < 1.29 is 24.0 Å². The number of anilines is 1. The summed E-state index contributed by atoms with van der Waals surface area (Å²) in [6.07, 6.45) is 1.56. The number of esters is 1. The van der Waals surface area contributed by atoms with Gasteiger partial charge in [0.2, 0.25) is 0 Å². The number of benzene rings is 1. The number of hydrogen-bond donors (Lipinski definition) is 1. The third-order valence-electron chi connectivity index (χ3n) is 3.85. The van der Waals surface area contributed by atoms with Crippen LogP contribution in [-0.4, -0.2) is 42.3 Å². The van der Waals surface area contributed by atoms with Crippen molar-refractivity contribution in [3.05, 3.63) is 33.6 Å². The van der Waals surface area contributed by atoms with Gasteiger partial charge in [-0.05, 0) is 25.7 Å². The molecule has 0 saturated carbocycles. The van der Waals surface area contributed by atoms with Crippen molar-refractivity contribution in [1.29, 1.82) is 0 Å². The lowest BCUT2D eigenvalue weighted by Crippen LogP contribution is -2.38. The summed E-state index contributed by atoms with van der Waals surface area (Å²) in [7, 11) is 0. The average Bonchev–Trinajstić information content (AvgIpc) is 2.54. The van der Waals surface area contributed by atoms with E-state index in [1.54, 1.807) is 11.8 Å². The molecule has 0 radical (unpaired) electrons. The number of carbonyl (C=O) groups is 1. The zero-order chi connectivity index (χ0) is 17.0. The van der Waals surface area contributed by atoms with E-state index in [4.69, 9.17) is 4.74 Å². The molecule has 1 N–H and O–H groups in total. The standard InChI is InChI=1S/C15H19FN2O5/c1-2-23-15(20)12-6-11(18(21)22)7-13(16)14(12)17-5-3-4-10(8-17)9-19/h6-7,10,19H,2-5,8-9H2,1H3. The fourth-order valence-electron chi connectivity index (χ4n) is 2.79. The van der Waals surface area contributed by atoms with Crippen molar-refractivity contribution in [3.63, 3.8) is 0 Å². The Kier molecular flexibility index (Phi) is 5.49. The van der Waals surface area contributed by atoms with E-state index < -0.39 is 22.4 Å². The molecule has 1 aliphatic heterocycles. The summed E-state index contributed by atoms with van der Waals surface area (Å²) >= 11 is 0. The van der Waals surface area contributed by atoms with Crippen molar-refractivity contribution in [2.45, 2.75) is 19.8 Å². The lowest BCUT2D eigenvalue weighted by Gasteiger charge is -2.34. The van der Waals surface area contributed by atoms with Gasteiger partial charge in [0.15, 0.2) is 5.82 Å². The van der Waals surface area contributed by atoms with Crippen LogP contribution in [0.15, 0.2) is 12.1 Å². The van der Waals surface area contributed by atoms with Crippen molar-refractivity contribution >= 4 is 17.3 Å². The quantitative estimate of drug-likeness (QED) is 0.506. The van der Waals surface area contributed by atoms with Gasteiger partial charge in [-0.2, -0.15) is 0 Å². The molecule has 8 heteroatoms. The van der Waals surface area contributed by atoms with Gasteiger partial charge in [0.05, 0.1) is 28.8 Å². The van der Waals surface area contributed by atoms with Crippen LogP contribution in [0.25, 0.3) is 0 Å². The summed E-state index contributed by atoms with van der Waals surface area (Å²) in [6.45, 7) is 2.56. The van der Waals surface area contributed by atoms with Gasteiger partial charge in [-0.25, -0.2) is 9.18 Å². The Morgan fingerprint density at radius 3 is 2.91 bits per heavy atom. The van der Waals surface area contributed by atoms with Crippen LogP contribution in [0.1, 0.15) is 30.1 Å². The average molecular weight is 326 g/mol. The summed E-state index contributed by atoms with van der Waals surface area (Å²) in [5.41, 5.74) is -0.644. The van der Waals surface area contributed by atoms with Gasteiger partial charge < -0.3 is 14.7 Å². The fraction of sp³-hybridized carbons (Fsp3) is 0.533. The molecule has 1 heterocycles. The van der Waals surface area contributed by atoms with Crippen molar-refractivity contribution in [1.82, 2.24) is 0 Å². The highest BCUT2D eigenvalue weighted by Crippen LogP contribution is 2.33. The molecule has 1 aromatic carbocycles. The predicted molar refractivity (Wildman–Crippen MR) is 81.0 cm³/mol. The highest BCUT2D eigenvalue weighted by Gasteiger charge is 2.29. The minimum atomic E-state index is -0.833. The summed E-state index contributed by atoms with van der Waals surface area (Å²) in [4.78, 5) is 23.9. The first-order chi connectivity index (χ1) is 11.0. The number of aliphatic hydroxyl groups excluding tert-OH is 1. The second-order valence-electron chi connectivity index (χ2n) is 5.44. The first-order valence-electron chi connectivity index (χ1n) is 7.48. The van der Waals surface area contributed by atoms with Gasteiger partial charge in [0.25, 0.3) is 5.69 Å². The van der Waals surface area contributed by atoms with E-state index in [1.807, 2.05) is 0 Å². The highest BCUT2D eigenvalue weighted by molar-refractivity contribution is 5.97. The Hall–Kier alpha value is -2.22. The van der Waals surface area contributed by atoms with Crippen molar-refractivity contribution in [3.8, 4) is 0 Å². The molecule has 1 aliphatic rings. The van der Waals surface area contributed by atoms with Gasteiger partial charge >= 0.3 is 5.97 Å². The van der Waals surface area contributed by atoms with E-state index >= 15 is 0 Å². The zero-order valence-electron chi connectivity index (χ0n) is 12.8.